The van der Waals surface area contributed by atoms with Crippen molar-refractivity contribution in [3.8, 4) is 34.0 Å². The van der Waals surface area contributed by atoms with Gasteiger partial charge in [0.2, 0.25) is 11.8 Å². The highest BCUT2D eigenvalue weighted by atomic mass is 16.4. The van der Waals surface area contributed by atoms with E-state index in [1.807, 2.05) is 54.6 Å². The largest absolute Gasteiger partial charge is 0.478 e. The summed E-state index contributed by atoms with van der Waals surface area (Å²) in [4.78, 5) is 11.0. The Hall–Kier alpha value is -3.73. The van der Waals surface area contributed by atoms with Crippen LogP contribution in [0.25, 0.3) is 34.0 Å². The van der Waals surface area contributed by atoms with E-state index in [-0.39, 0.29) is 5.56 Å². The molecule has 0 atom stereocenters. The molecule has 0 aliphatic carbocycles. The number of benzene rings is 3. The van der Waals surface area contributed by atoms with Crippen LogP contribution in [0.1, 0.15) is 10.4 Å². The molecule has 3 aromatic carbocycles. The first kappa shape index (κ1) is 15.8. The number of nitrogens with zero attached hydrogens (tertiary/aromatic N) is 2. The van der Waals surface area contributed by atoms with Gasteiger partial charge in [0.1, 0.15) is 0 Å². The van der Waals surface area contributed by atoms with Gasteiger partial charge in [0.05, 0.1) is 5.56 Å². The van der Waals surface area contributed by atoms with Crippen molar-refractivity contribution in [1.29, 1.82) is 0 Å². The maximum absolute atomic E-state index is 11.0. The number of aromatic nitrogens is 2. The molecule has 4 aromatic rings. The molecule has 0 fully saturated rings. The fourth-order valence-electron chi connectivity index (χ4n) is 2.74. The fraction of sp³-hybridized carbons (Fsp3) is 0. The molecule has 26 heavy (non-hydrogen) atoms. The zero-order valence-corrected chi connectivity index (χ0v) is 13.7. The first-order valence-electron chi connectivity index (χ1n) is 8.04. The van der Waals surface area contributed by atoms with Crippen molar-refractivity contribution < 1.29 is 14.3 Å². The Bertz CT molecular complexity index is 1050. The summed E-state index contributed by atoms with van der Waals surface area (Å²) in [5.41, 5.74) is 3.80. The second-order valence-electron chi connectivity index (χ2n) is 5.71. The van der Waals surface area contributed by atoms with E-state index in [9.17, 15) is 4.79 Å². The number of carboxylic acids is 1. The zero-order valence-electron chi connectivity index (χ0n) is 13.7. The van der Waals surface area contributed by atoms with Crippen LogP contribution in [-0.4, -0.2) is 21.3 Å². The van der Waals surface area contributed by atoms with Gasteiger partial charge >= 0.3 is 5.97 Å². The van der Waals surface area contributed by atoms with Crippen molar-refractivity contribution in [2.75, 3.05) is 0 Å². The predicted octanol–water partition coefficient (Wildman–Crippen LogP) is 4.77. The van der Waals surface area contributed by atoms with Crippen LogP contribution in [0.15, 0.2) is 83.3 Å². The van der Waals surface area contributed by atoms with E-state index < -0.39 is 5.97 Å². The van der Waals surface area contributed by atoms with Crippen LogP contribution < -0.4 is 0 Å². The van der Waals surface area contributed by atoms with Crippen molar-refractivity contribution in [2.45, 2.75) is 0 Å². The van der Waals surface area contributed by atoms with Crippen LogP contribution in [0.2, 0.25) is 0 Å². The third kappa shape index (κ3) is 2.98. The Morgan fingerprint density at radius 2 is 1.31 bits per heavy atom. The first-order valence-corrected chi connectivity index (χ1v) is 8.04. The molecule has 1 heterocycles. The van der Waals surface area contributed by atoms with Crippen molar-refractivity contribution >= 4 is 5.97 Å². The van der Waals surface area contributed by atoms with Crippen LogP contribution in [0.5, 0.6) is 0 Å². The average Bonchev–Trinajstić information content (AvgIpc) is 3.19. The van der Waals surface area contributed by atoms with Gasteiger partial charge in [0.25, 0.3) is 0 Å². The van der Waals surface area contributed by atoms with E-state index in [0.29, 0.717) is 17.3 Å². The van der Waals surface area contributed by atoms with Gasteiger partial charge in [-0.1, -0.05) is 48.5 Å². The van der Waals surface area contributed by atoms with Gasteiger partial charge in [-0.25, -0.2) is 4.79 Å². The molecule has 1 aromatic heterocycles. The molecule has 0 bridgehead atoms. The van der Waals surface area contributed by atoms with Gasteiger partial charge in [0.15, 0.2) is 0 Å². The van der Waals surface area contributed by atoms with Crippen LogP contribution in [-0.2, 0) is 0 Å². The van der Waals surface area contributed by atoms with E-state index in [1.54, 1.807) is 12.1 Å². The van der Waals surface area contributed by atoms with Crippen LogP contribution in [0, 0.1) is 0 Å². The van der Waals surface area contributed by atoms with E-state index >= 15 is 0 Å². The fourth-order valence-corrected chi connectivity index (χ4v) is 2.74. The number of rotatable bonds is 4. The Kier molecular flexibility index (Phi) is 4.03. The minimum atomic E-state index is -0.973. The molecule has 5 heteroatoms. The van der Waals surface area contributed by atoms with Gasteiger partial charge in [-0.2, -0.15) is 0 Å². The van der Waals surface area contributed by atoms with Crippen LogP contribution in [0.4, 0.5) is 0 Å². The van der Waals surface area contributed by atoms with Crippen LogP contribution in [0.3, 0.4) is 0 Å². The van der Waals surface area contributed by atoms with Crippen molar-refractivity contribution in [3.63, 3.8) is 0 Å². The molecule has 126 valence electrons. The summed E-state index contributed by atoms with van der Waals surface area (Å²) in [7, 11) is 0. The minimum Gasteiger partial charge on any atom is -0.478 e. The Morgan fingerprint density at radius 3 is 2.00 bits per heavy atom. The summed E-state index contributed by atoms with van der Waals surface area (Å²) < 4.78 is 5.85. The van der Waals surface area contributed by atoms with Gasteiger partial charge in [-0.15, -0.1) is 10.2 Å². The molecule has 0 aliphatic heterocycles. The van der Waals surface area contributed by atoms with Crippen LogP contribution >= 0.6 is 0 Å². The zero-order chi connectivity index (χ0) is 17.9. The molecule has 1 N–H and O–H groups in total. The third-order valence-corrected chi connectivity index (χ3v) is 4.05. The van der Waals surface area contributed by atoms with E-state index in [2.05, 4.69) is 10.2 Å². The number of aromatic carboxylic acids is 1. The normalized spacial score (nSPS) is 10.6. The van der Waals surface area contributed by atoms with Gasteiger partial charge in [-0.05, 0) is 41.5 Å². The van der Waals surface area contributed by atoms with E-state index in [1.165, 1.54) is 12.1 Å². The molecule has 0 saturated carbocycles. The van der Waals surface area contributed by atoms with Gasteiger partial charge in [-0.3, -0.25) is 0 Å². The Labute approximate surface area is 149 Å². The highest BCUT2D eigenvalue weighted by Gasteiger charge is 2.15. The summed E-state index contributed by atoms with van der Waals surface area (Å²) in [5.74, 6) is -0.207. The van der Waals surface area contributed by atoms with Crippen molar-refractivity contribution in [3.05, 3.63) is 84.4 Å². The quantitative estimate of drug-likeness (QED) is 0.578. The lowest BCUT2D eigenvalue weighted by molar-refractivity contribution is 0.0697. The van der Waals surface area contributed by atoms with Crippen molar-refractivity contribution in [1.82, 2.24) is 10.2 Å². The molecule has 0 aliphatic rings. The topological polar surface area (TPSA) is 76.2 Å². The molecule has 0 saturated heterocycles. The Morgan fingerprint density at radius 1 is 0.692 bits per heavy atom. The van der Waals surface area contributed by atoms with Crippen molar-refractivity contribution in [2.24, 2.45) is 0 Å². The third-order valence-electron chi connectivity index (χ3n) is 4.05. The molecule has 0 unspecified atom stereocenters. The van der Waals surface area contributed by atoms with E-state index in [0.717, 1.165) is 16.7 Å². The maximum atomic E-state index is 11.0. The summed E-state index contributed by atoms with van der Waals surface area (Å²) >= 11 is 0. The Balaban J connectivity index is 1.72. The molecular weight excluding hydrogens is 328 g/mol. The summed E-state index contributed by atoms with van der Waals surface area (Å²) in [6.07, 6.45) is 0. The summed E-state index contributed by atoms with van der Waals surface area (Å²) in [6.45, 7) is 0. The molecule has 5 nitrogen and oxygen atoms in total. The maximum Gasteiger partial charge on any atom is 0.335 e. The molecule has 0 amide bonds. The summed E-state index contributed by atoms with van der Waals surface area (Å²) in [5, 5.41) is 17.3. The number of carboxylic acid groups (broad SMARTS) is 1. The average molecular weight is 342 g/mol. The number of hydrogen-bond acceptors (Lipinski definition) is 4. The standard InChI is InChI=1S/C21H14N2O3/c24-21(25)16-12-10-15(11-13-16)19-22-23-20(26-19)18-9-5-4-8-17(18)14-6-2-1-3-7-14/h1-13H,(H,24,25). The summed E-state index contributed by atoms with van der Waals surface area (Å²) in [6, 6.07) is 24.2. The smallest absolute Gasteiger partial charge is 0.335 e. The second-order valence-corrected chi connectivity index (χ2v) is 5.71. The lowest BCUT2D eigenvalue weighted by Crippen LogP contribution is -1.94. The SMILES string of the molecule is O=C(O)c1ccc(-c2nnc(-c3ccccc3-c3ccccc3)o2)cc1. The highest BCUT2D eigenvalue weighted by Crippen LogP contribution is 2.32. The predicted molar refractivity (Wildman–Crippen MR) is 97.6 cm³/mol. The number of hydrogen-bond donors (Lipinski definition) is 1. The molecular formula is C21H14N2O3. The number of carbonyl (C=O) groups is 1. The molecule has 0 radical (unpaired) electrons. The monoisotopic (exact) mass is 342 g/mol. The lowest BCUT2D eigenvalue weighted by atomic mass is 10.00. The highest BCUT2D eigenvalue weighted by molar-refractivity contribution is 5.88. The van der Waals surface area contributed by atoms with Gasteiger partial charge in [0, 0.05) is 11.1 Å². The lowest BCUT2D eigenvalue weighted by Gasteiger charge is -2.06. The van der Waals surface area contributed by atoms with Gasteiger partial charge < -0.3 is 9.52 Å². The second kappa shape index (κ2) is 6.64. The molecule has 4 rings (SSSR count). The van der Waals surface area contributed by atoms with E-state index in [4.69, 9.17) is 9.52 Å². The first-order chi connectivity index (χ1) is 12.7. The molecule has 0 spiro atoms. The minimum absolute atomic E-state index is 0.211.